The van der Waals surface area contributed by atoms with E-state index >= 15 is 0 Å². The van der Waals surface area contributed by atoms with Gasteiger partial charge in [0.25, 0.3) is 5.91 Å². The molecule has 1 atom stereocenters. The third-order valence-electron chi connectivity index (χ3n) is 6.82. The summed E-state index contributed by atoms with van der Waals surface area (Å²) in [5, 5.41) is 11.1. The van der Waals surface area contributed by atoms with Crippen LogP contribution in [0, 0.1) is 0 Å². The maximum absolute atomic E-state index is 12.8. The van der Waals surface area contributed by atoms with Crippen LogP contribution in [0.1, 0.15) is 42.1 Å². The molecule has 0 fully saturated rings. The van der Waals surface area contributed by atoms with Gasteiger partial charge in [0.1, 0.15) is 12.4 Å². The van der Waals surface area contributed by atoms with Crippen molar-refractivity contribution in [1.29, 1.82) is 0 Å². The minimum absolute atomic E-state index is 0.218. The Hall–Kier alpha value is -4.87. The van der Waals surface area contributed by atoms with Gasteiger partial charge in [-0.2, -0.15) is 5.10 Å². The van der Waals surface area contributed by atoms with Gasteiger partial charge in [-0.15, -0.1) is 6.58 Å². The summed E-state index contributed by atoms with van der Waals surface area (Å²) in [6.07, 6.45) is 3.77. The Morgan fingerprint density at radius 3 is 2.59 bits per heavy atom. The molecule has 1 heterocycles. The molecule has 3 aromatic rings. The Balaban J connectivity index is 1.44. The predicted molar refractivity (Wildman–Crippen MR) is 181 cm³/mol. The molecule has 0 radical (unpaired) electrons. The molecule has 10 nitrogen and oxygen atoms in total. The smallest absolute Gasteiger partial charge is 0.338 e. The van der Waals surface area contributed by atoms with Crippen molar-refractivity contribution in [2.24, 2.45) is 5.10 Å². The lowest BCUT2D eigenvalue weighted by Gasteiger charge is -2.30. The van der Waals surface area contributed by atoms with Crippen molar-refractivity contribution in [2.75, 3.05) is 20.3 Å². The van der Waals surface area contributed by atoms with E-state index in [2.05, 4.69) is 27.7 Å². The number of benzene rings is 3. The average molecular weight is 663 g/mol. The number of para-hydroxylation sites is 1. The van der Waals surface area contributed by atoms with Crippen LogP contribution in [0.15, 0.2) is 89.7 Å². The molecule has 3 aromatic carbocycles. The van der Waals surface area contributed by atoms with Gasteiger partial charge in [0, 0.05) is 27.4 Å². The zero-order valence-electron chi connectivity index (χ0n) is 25.7. The molecule has 1 aliphatic heterocycles. The third-order valence-corrected chi connectivity index (χ3v) is 7.41. The summed E-state index contributed by atoms with van der Waals surface area (Å²) in [6, 6.07) is 17.5. The zero-order chi connectivity index (χ0) is 33.1. The number of amides is 1. The maximum Gasteiger partial charge on any atom is 0.338 e. The fourth-order valence-electron chi connectivity index (χ4n) is 4.76. The Kier molecular flexibility index (Phi) is 12.2. The molecular formula is C34H35ClN4O6S. The molecule has 1 amide bonds. The molecule has 0 saturated carbocycles. The molecule has 4 rings (SSSR count). The number of hydrazone groups is 1. The largest absolute Gasteiger partial charge is 0.493 e. The maximum atomic E-state index is 12.8. The molecule has 0 unspecified atom stereocenters. The van der Waals surface area contributed by atoms with Crippen molar-refractivity contribution in [2.45, 2.75) is 32.9 Å². The lowest BCUT2D eigenvalue weighted by atomic mass is 9.95. The van der Waals surface area contributed by atoms with Crippen molar-refractivity contribution < 1.29 is 28.5 Å². The number of allylic oxidation sites excluding steroid dienone is 2. The van der Waals surface area contributed by atoms with E-state index in [4.69, 9.17) is 42.8 Å². The van der Waals surface area contributed by atoms with Crippen molar-refractivity contribution in [3.63, 3.8) is 0 Å². The molecular weight excluding hydrogens is 628 g/mol. The molecule has 0 aromatic heterocycles. The van der Waals surface area contributed by atoms with Gasteiger partial charge in [-0.3, -0.25) is 4.79 Å². The van der Waals surface area contributed by atoms with Gasteiger partial charge < -0.3 is 29.6 Å². The normalized spacial score (nSPS) is 14.3. The third kappa shape index (κ3) is 8.64. The van der Waals surface area contributed by atoms with E-state index in [0.29, 0.717) is 56.2 Å². The highest BCUT2D eigenvalue weighted by atomic mass is 35.5. The van der Waals surface area contributed by atoms with Gasteiger partial charge in [-0.05, 0) is 62.3 Å². The number of hydrogen-bond acceptors (Lipinski definition) is 8. The fraction of sp³-hybridized carbons (Fsp3) is 0.235. The predicted octanol–water partition coefficient (Wildman–Crippen LogP) is 5.54. The molecule has 3 N–H and O–H groups in total. The second kappa shape index (κ2) is 16.4. The van der Waals surface area contributed by atoms with Crippen LogP contribution in [0.4, 0.5) is 0 Å². The number of halogens is 1. The minimum atomic E-state index is -0.638. The second-order valence-corrected chi connectivity index (χ2v) is 10.8. The average Bonchev–Trinajstić information content (AvgIpc) is 3.03. The van der Waals surface area contributed by atoms with Crippen LogP contribution in [-0.2, 0) is 27.4 Å². The molecule has 0 aliphatic carbocycles. The first kappa shape index (κ1) is 34.0. The summed E-state index contributed by atoms with van der Waals surface area (Å²) < 4.78 is 22.9. The van der Waals surface area contributed by atoms with Crippen LogP contribution in [0.2, 0.25) is 5.02 Å². The molecule has 240 valence electrons. The Labute approximate surface area is 278 Å². The number of esters is 1. The number of ether oxygens (including phenoxy) is 4. The molecule has 0 spiro atoms. The summed E-state index contributed by atoms with van der Waals surface area (Å²) in [5.41, 5.74) is 6.38. The molecule has 12 heteroatoms. The topological polar surface area (TPSA) is 120 Å². The highest BCUT2D eigenvalue weighted by Gasteiger charge is 2.32. The number of rotatable bonds is 14. The van der Waals surface area contributed by atoms with Gasteiger partial charge in [0.05, 0.1) is 31.5 Å². The quantitative estimate of drug-likeness (QED) is 0.0672. The van der Waals surface area contributed by atoms with E-state index in [1.54, 1.807) is 63.4 Å². The van der Waals surface area contributed by atoms with Crippen LogP contribution in [0.25, 0.3) is 0 Å². The standard InChI is InChI=1S/C34H35ClN4O6S/c1-5-11-23-16-22(17-28(42-4)32(23)45-19-24-12-7-9-14-26(24)35)18-36-39-29(40)20-44-27-15-10-8-13-25(27)31-30(33(41)43-6-2)21(3)37-34(46)38-31/h5,7-10,12-18,31H,1,6,11,19-20H2,2-4H3,(H,39,40)(H2,37,38,46)/t31-/m0/s1. The van der Waals surface area contributed by atoms with Gasteiger partial charge in [-0.25, -0.2) is 10.2 Å². The summed E-state index contributed by atoms with van der Waals surface area (Å²) in [6.45, 7) is 7.48. The zero-order valence-corrected chi connectivity index (χ0v) is 27.3. The van der Waals surface area contributed by atoms with Crippen molar-refractivity contribution in [3.8, 4) is 17.2 Å². The van der Waals surface area contributed by atoms with Gasteiger partial charge in [-0.1, -0.05) is 54.1 Å². The Morgan fingerprint density at radius 2 is 1.85 bits per heavy atom. The first-order chi connectivity index (χ1) is 22.2. The van der Waals surface area contributed by atoms with E-state index in [1.807, 2.05) is 24.3 Å². The van der Waals surface area contributed by atoms with E-state index in [0.717, 1.165) is 11.1 Å². The Morgan fingerprint density at radius 1 is 1.09 bits per heavy atom. The lowest BCUT2D eigenvalue weighted by molar-refractivity contribution is -0.139. The number of nitrogens with one attached hydrogen (secondary N) is 3. The van der Waals surface area contributed by atoms with Crippen molar-refractivity contribution >= 4 is 47.0 Å². The van der Waals surface area contributed by atoms with E-state index in [-0.39, 0.29) is 19.8 Å². The van der Waals surface area contributed by atoms with Crippen LogP contribution in [0.3, 0.4) is 0 Å². The van der Waals surface area contributed by atoms with E-state index < -0.39 is 17.9 Å². The van der Waals surface area contributed by atoms with Gasteiger partial charge in [0.15, 0.2) is 23.2 Å². The number of hydrogen-bond donors (Lipinski definition) is 3. The monoisotopic (exact) mass is 662 g/mol. The number of carbonyl (C=O) groups is 2. The second-order valence-electron chi connectivity index (χ2n) is 9.99. The van der Waals surface area contributed by atoms with E-state index in [9.17, 15) is 9.59 Å². The van der Waals surface area contributed by atoms with Crippen LogP contribution in [0.5, 0.6) is 17.2 Å². The number of nitrogens with zero attached hydrogens (tertiary/aromatic N) is 1. The van der Waals surface area contributed by atoms with Gasteiger partial charge in [0.2, 0.25) is 0 Å². The summed E-state index contributed by atoms with van der Waals surface area (Å²) >= 11 is 11.6. The van der Waals surface area contributed by atoms with Crippen molar-refractivity contribution in [1.82, 2.24) is 16.1 Å². The summed E-state index contributed by atoms with van der Waals surface area (Å²) in [7, 11) is 1.55. The van der Waals surface area contributed by atoms with Crippen LogP contribution < -0.4 is 30.3 Å². The highest BCUT2D eigenvalue weighted by molar-refractivity contribution is 7.80. The number of thiocarbonyl (C=S) groups is 1. The first-order valence-electron chi connectivity index (χ1n) is 14.4. The molecule has 46 heavy (non-hydrogen) atoms. The molecule has 0 bridgehead atoms. The SMILES string of the molecule is C=CCc1cc(C=NNC(=O)COc2ccccc2[C@@H]2NC(=S)NC(C)=C2C(=O)OCC)cc(OC)c1OCc1ccccc1Cl. The number of carbonyl (C=O) groups excluding carboxylic acids is 2. The van der Waals surface area contributed by atoms with Crippen LogP contribution in [-0.4, -0.2) is 43.5 Å². The highest BCUT2D eigenvalue weighted by Crippen LogP contribution is 2.35. The molecule has 1 aliphatic rings. The molecule has 0 saturated heterocycles. The fourth-order valence-corrected chi connectivity index (χ4v) is 5.22. The van der Waals surface area contributed by atoms with E-state index in [1.165, 1.54) is 6.21 Å². The van der Waals surface area contributed by atoms with Crippen LogP contribution >= 0.6 is 23.8 Å². The van der Waals surface area contributed by atoms with Crippen molar-refractivity contribution in [3.05, 3.63) is 112 Å². The minimum Gasteiger partial charge on any atom is -0.493 e. The first-order valence-corrected chi connectivity index (χ1v) is 15.2. The van der Waals surface area contributed by atoms with Gasteiger partial charge >= 0.3 is 5.97 Å². The number of methoxy groups -OCH3 is 1. The summed E-state index contributed by atoms with van der Waals surface area (Å²) in [4.78, 5) is 25.5. The Bertz CT molecular complexity index is 1680. The summed E-state index contributed by atoms with van der Waals surface area (Å²) in [5.74, 6) is 0.481. The lowest BCUT2D eigenvalue weighted by Crippen LogP contribution is -2.45.